The van der Waals surface area contributed by atoms with Crippen LogP contribution in [0.1, 0.15) is 31.2 Å². The molecule has 2 heterocycles. The molecular weight excluding hydrogens is 332 g/mol. The second-order valence-electron chi connectivity index (χ2n) is 5.77. The number of hydrogen-bond donors (Lipinski definition) is 0. The maximum atomic E-state index is 12.8. The summed E-state index contributed by atoms with van der Waals surface area (Å²) >= 11 is 3.48. The Labute approximate surface area is 133 Å². The second kappa shape index (κ2) is 5.79. The Hall–Kier alpha value is -1.36. The predicted molar refractivity (Wildman–Crippen MR) is 85.2 cm³/mol. The minimum absolute atomic E-state index is 0.0715. The first-order valence-corrected chi connectivity index (χ1v) is 8.24. The van der Waals surface area contributed by atoms with Gasteiger partial charge in [0.05, 0.1) is 0 Å². The molecule has 0 N–H and O–H groups in total. The average Bonchev–Trinajstić information content (AvgIpc) is 2.61. The van der Waals surface area contributed by atoms with Crippen LogP contribution in [0, 0.1) is 6.92 Å². The van der Waals surface area contributed by atoms with Crippen molar-refractivity contribution in [3.8, 4) is 0 Å². The topological polar surface area (TPSA) is 40.6 Å². The first-order valence-electron chi connectivity index (χ1n) is 7.45. The Morgan fingerprint density at radius 2 is 2.00 bits per heavy atom. The van der Waals surface area contributed by atoms with Gasteiger partial charge in [-0.15, -0.1) is 0 Å². The van der Waals surface area contributed by atoms with Gasteiger partial charge in [-0.05, 0) is 49.9 Å². The molecule has 2 saturated heterocycles. The van der Waals surface area contributed by atoms with Crippen LogP contribution in [-0.4, -0.2) is 35.8 Å². The van der Waals surface area contributed by atoms with Crippen LogP contribution in [0.5, 0.6) is 0 Å². The quantitative estimate of drug-likeness (QED) is 0.781. The van der Waals surface area contributed by atoms with Gasteiger partial charge in [0, 0.05) is 29.7 Å². The normalized spacial score (nSPS) is 23.0. The highest BCUT2D eigenvalue weighted by Gasteiger charge is 2.38. The largest absolute Gasteiger partial charge is 0.331 e. The van der Waals surface area contributed by atoms with Crippen molar-refractivity contribution in [1.29, 1.82) is 0 Å². The van der Waals surface area contributed by atoms with Gasteiger partial charge in [-0.3, -0.25) is 9.59 Å². The summed E-state index contributed by atoms with van der Waals surface area (Å²) in [6, 6.07) is 5.64. The number of rotatable bonds is 1. The van der Waals surface area contributed by atoms with Gasteiger partial charge in [-0.25, -0.2) is 0 Å². The van der Waals surface area contributed by atoms with Gasteiger partial charge in [0.15, 0.2) is 0 Å². The number of carbonyl (C=O) groups is 2. The number of halogens is 1. The number of anilines is 1. The lowest BCUT2D eigenvalue weighted by Gasteiger charge is -2.34. The summed E-state index contributed by atoms with van der Waals surface area (Å²) in [5, 5.41) is 0. The zero-order chi connectivity index (χ0) is 15.0. The lowest BCUT2D eigenvalue weighted by Crippen LogP contribution is -2.49. The molecule has 2 amide bonds. The second-order valence-corrected chi connectivity index (χ2v) is 6.63. The van der Waals surface area contributed by atoms with Crippen molar-refractivity contribution in [2.24, 2.45) is 0 Å². The van der Waals surface area contributed by atoms with E-state index in [-0.39, 0.29) is 17.9 Å². The highest BCUT2D eigenvalue weighted by molar-refractivity contribution is 9.10. The van der Waals surface area contributed by atoms with Crippen molar-refractivity contribution >= 4 is 33.4 Å². The van der Waals surface area contributed by atoms with Crippen LogP contribution in [0.2, 0.25) is 0 Å². The molecule has 112 valence electrons. The number of carbonyl (C=O) groups excluding carboxylic acids is 2. The van der Waals surface area contributed by atoms with Gasteiger partial charge in [0.1, 0.15) is 6.04 Å². The molecule has 2 aliphatic heterocycles. The van der Waals surface area contributed by atoms with Gasteiger partial charge < -0.3 is 9.80 Å². The first kappa shape index (κ1) is 14.6. The Bertz CT molecular complexity index is 588. The van der Waals surface area contributed by atoms with E-state index in [2.05, 4.69) is 15.9 Å². The maximum Gasteiger partial charge on any atom is 0.249 e. The Morgan fingerprint density at radius 1 is 1.19 bits per heavy atom. The van der Waals surface area contributed by atoms with Gasteiger partial charge in [-0.2, -0.15) is 0 Å². The van der Waals surface area contributed by atoms with Crippen LogP contribution in [0.25, 0.3) is 0 Å². The van der Waals surface area contributed by atoms with E-state index in [0.29, 0.717) is 13.0 Å². The van der Waals surface area contributed by atoms with Crippen LogP contribution in [0.4, 0.5) is 5.69 Å². The number of benzene rings is 1. The molecule has 2 aliphatic rings. The molecule has 4 nitrogen and oxygen atoms in total. The molecule has 0 spiro atoms. The summed E-state index contributed by atoms with van der Waals surface area (Å²) in [5.41, 5.74) is 1.98. The Balaban J connectivity index is 1.93. The van der Waals surface area contributed by atoms with E-state index in [1.165, 1.54) is 0 Å². The minimum atomic E-state index is -0.266. The van der Waals surface area contributed by atoms with Gasteiger partial charge in [0.25, 0.3) is 0 Å². The lowest BCUT2D eigenvalue weighted by molar-refractivity contribution is -0.138. The molecule has 21 heavy (non-hydrogen) atoms. The fourth-order valence-electron chi connectivity index (χ4n) is 3.18. The van der Waals surface area contributed by atoms with Crippen LogP contribution in [0.15, 0.2) is 22.7 Å². The Kier molecular flexibility index (Phi) is 4.02. The van der Waals surface area contributed by atoms with Crippen molar-refractivity contribution in [2.45, 2.75) is 38.6 Å². The molecule has 1 unspecified atom stereocenters. The average molecular weight is 351 g/mol. The molecule has 3 rings (SSSR count). The van der Waals surface area contributed by atoms with E-state index >= 15 is 0 Å². The highest BCUT2D eigenvalue weighted by Crippen LogP contribution is 2.28. The zero-order valence-corrected chi connectivity index (χ0v) is 13.7. The molecule has 1 aromatic rings. The van der Waals surface area contributed by atoms with E-state index in [0.717, 1.165) is 41.5 Å². The fourth-order valence-corrected chi connectivity index (χ4v) is 3.43. The summed E-state index contributed by atoms with van der Waals surface area (Å²) < 4.78 is 1.03. The molecule has 2 fully saturated rings. The molecule has 5 heteroatoms. The van der Waals surface area contributed by atoms with Crippen molar-refractivity contribution in [2.75, 3.05) is 18.0 Å². The third-order valence-electron chi connectivity index (χ3n) is 4.38. The molecule has 0 saturated carbocycles. The van der Waals surface area contributed by atoms with E-state index in [4.69, 9.17) is 0 Å². The number of piperidine rings is 1. The zero-order valence-electron chi connectivity index (χ0n) is 12.1. The SMILES string of the molecule is Cc1cc(N2CCC(=O)N3CCCCC3C2=O)ccc1Br. The summed E-state index contributed by atoms with van der Waals surface area (Å²) in [4.78, 5) is 28.6. The number of fused-ring (bicyclic) bond motifs is 1. The van der Waals surface area contributed by atoms with E-state index in [1.807, 2.05) is 25.1 Å². The fraction of sp³-hybridized carbons (Fsp3) is 0.500. The summed E-state index contributed by atoms with van der Waals surface area (Å²) in [7, 11) is 0. The summed E-state index contributed by atoms with van der Waals surface area (Å²) in [6.45, 7) is 3.21. The van der Waals surface area contributed by atoms with Crippen LogP contribution in [0.3, 0.4) is 0 Å². The van der Waals surface area contributed by atoms with Crippen molar-refractivity contribution < 1.29 is 9.59 Å². The predicted octanol–water partition coefficient (Wildman–Crippen LogP) is 2.88. The molecule has 0 aromatic heterocycles. The number of aryl methyl sites for hydroxylation is 1. The van der Waals surface area contributed by atoms with Crippen LogP contribution < -0.4 is 4.90 Å². The van der Waals surface area contributed by atoms with Crippen LogP contribution >= 0.6 is 15.9 Å². The standard InChI is InChI=1S/C16H19BrN2O2/c1-11-10-12(5-6-13(11)17)18-9-7-15(20)19-8-3-2-4-14(19)16(18)21/h5-6,10,14H,2-4,7-9H2,1H3. The highest BCUT2D eigenvalue weighted by atomic mass is 79.9. The van der Waals surface area contributed by atoms with Gasteiger partial charge >= 0.3 is 0 Å². The monoisotopic (exact) mass is 350 g/mol. The third-order valence-corrected chi connectivity index (χ3v) is 5.27. The third kappa shape index (κ3) is 2.71. The summed E-state index contributed by atoms with van der Waals surface area (Å²) in [6.07, 6.45) is 3.23. The van der Waals surface area contributed by atoms with Crippen molar-refractivity contribution in [1.82, 2.24) is 4.90 Å². The smallest absolute Gasteiger partial charge is 0.249 e. The molecule has 0 radical (unpaired) electrons. The van der Waals surface area contributed by atoms with E-state index in [9.17, 15) is 9.59 Å². The van der Waals surface area contributed by atoms with Crippen molar-refractivity contribution in [3.05, 3.63) is 28.2 Å². The molecule has 1 aromatic carbocycles. The first-order chi connectivity index (χ1) is 10.1. The molecule has 0 bridgehead atoms. The minimum Gasteiger partial charge on any atom is -0.331 e. The van der Waals surface area contributed by atoms with E-state index < -0.39 is 0 Å². The number of amides is 2. The molecule has 1 atom stereocenters. The summed E-state index contributed by atoms with van der Waals surface area (Å²) in [5.74, 6) is 0.187. The number of hydrogen-bond acceptors (Lipinski definition) is 2. The molecule has 0 aliphatic carbocycles. The maximum absolute atomic E-state index is 12.8. The lowest BCUT2D eigenvalue weighted by atomic mass is 10.0. The Morgan fingerprint density at radius 3 is 2.76 bits per heavy atom. The van der Waals surface area contributed by atoms with Crippen LogP contribution in [-0.2, 0) is 9.59 Å². The van der Waals surface area contributed by atoms with Gasteiger partial charge in [-0.1, -0.05) is 15.9 Å². The van der Waals surface area contributed by atoms with E-state index in [1.54, 1.807) is 9.80 Å². The van der Waals surface area contributed by atoms with Gasteiger partial charge in [0.2, 0.25) is 11.8 Å². The molecular formula is C16H19BrN2O2. The number of nitrogens with zero attached hydrogens (tertiary/aromatic N) is 2. The van der Waals surface area contributed by atoms with Crippen molar-refractivity contribution in [3.63, 3.8) is 0 Å².